The van der Waals surface area contributed by atoms with Crippen molar-refractivity contribution < 1.29 is 16.8 Å². The Balaban J connectivity index is 1.40. The number of hydrazone groups is 2. The molecule has 33 heavy (non-hydrogen) atoms. The maximum absolute atomic E-state index is 12.5. The molecule has 0 amide bonds. The molecule has 10 heteroatoms. The molecular formula is C23H28N4O4S2. The summed E-state index contributed by atoms with van der Waals surface area (Å²) < 4.78 is 50.1. The smallest absolute Gasteiger partial charge is 0.200 e. The second kappa shape index (κ2) is 9.26. The molecule has 0 aromatic heterocycles. The average molecular weight is 489 g/mol. The molecule has 0 radical (unpaired) electrons. The number of hydrogen-bond acceptors (Lipinski definition) is 6. The van der Waals surface area contributed by atoms with Gasteiger partial charge < -0.3 is 0 Å². The summed E-state index contributed by atoms with van der Waals surface area (Å²) in [7, 11) is -7.41. The number of nitrogens with zero attached hydrogens (tertiary/aromatic N) is 2. The van der Waals surface area contributed by atoms with Gasteiger partial charge in [0.1, 0.15) is 0 Å². The first kappa shape index (κ1) is 23.4. The Kier molecular flexibility index (Phi) is 6.58. The Morgan fingerprint density at radius 2 is 1.03 bits per heavy atom. The van der Waals surface area contributed by atoms with E-state index in [9.17, 15) is 16.8 Å². The van der Waals surface area contributed by atoms with Crippen molar-refractivity contribution in [3.05, 3.63) is 59.7 Å². The largest absolute Gasteiger partial charge is 0.276 e. The van der Waals surface area contributed by atoms with Gasteiger partial charge >= 0.3 is 0 Å². The maximum Gasteiger partial charge on any atom is 0.276 e. The minimum atomic E-state index is -3.71. The van der Waals surface area contributed by atoms with Crippen LogP contribution in [0.4, 0.5) is 0 Å². The lowest BCUT2D eigenvalue weighted by molar-refractivity contribution is 0.404. The summed E-state index contributed by atoms with van der Waals surface area (Å²) in [5, 5.41) is 8.52. The number of nitrogens with one attached hydrogen (secondary N) is 2. The molecule has 0 heterocycles. The number of benzene rings is 2. The Bertz CT molecular complexity index is 1180. The molecule has 2 N–H and O–H groups in total. The molecule has 2 atom stereocenters. The standard InChI is InChI=1S/C23H28N4O4S2/c1-16-3-9-20(10-4-16)32(28,29)26-24-22-13-7-19-15-18(22)8-14-23(19)25-27-33(30,31)21-11-5-17(2)6-12-21/h3-6,9-12,18-19,26-27H,7-8,13-15H2,1-2H3. The normalized spacial score (nSPS) is 23.5. The highest BCUT2D eigenvalue weighted by molar-refractivity contribution is 7.89. The molecule has 0 spiro atoms. The molecule has 8 nitrogen and oxygen atoms in total. The predicted octanol–water partition coefficient (Wildman–Crippen LogP) is 3.48. The predicted molar refractivity (Wildman–Crippen MR) is 128 cm³/mol. The van der Waals surface area contributed by atoms with Crippen molar-refractivity contribution in [2.75, 3.05) is 0 Å². The first-order chi connectivity index (χ1) is 15.6. The molecule has 176 valence electrons. The van der Waals surface area contributed by atoms with Crippen molar-refractivity contribution in [1.29, 1.82) is 0 Å². The monoisotopic (exact) mass is 488 g/mol. The van der Waals surface area contributed by atoms with Crippen LogP contribution in [0.2, 0.25) is 0 Å². The summed E-state index contributed by atoms with van der Waals surface area (Å²) >= 11 is 0. The van der Waals surface area contributed by atoms with E-state index in [2.05, 4.69) is 19.9 Å². The van der Waals surface area contributed by atoms with Crippen LogP contribution in [0.25, 0.3) is 0 Å². The van der Waals surface area contributed by atoms with Crippen molar-refractivity contribution in [3.8, 4) is 0 Å². The van der Waals surface area contributed by atoms with Crippen LogP contribution in [-0.2, 0) is 20.0 Å². The summed E-state index contributed by atoms with van der Waals surface area (Å²) in [6.07, 6.45) is 3.60. The fraction of sp³-hybridized carbons (Fsp3) is 0.391. The van der Waals surface area contributed by atoms with Gasteiger partial charge in [0.25, 0.3) is 20.0 Å². The minimum absolute atomic E-state index is 0.164. The quantitative estimate of drug-likeness (QED) is 0.605. The molecule has 2 saturated carbocycles. The number of sulfonamides is 2. The minimum Gasteiger partial charge on any atom is -0.200 e. The third-order valence-electron chi connectivity index (χ3n) is 6.29. The van der Waals surface area contributed by atoms with Gasteiger partial charge in [-0.15, -0.1) is 0 Å². The van der Waals surface area contributed by atoms with E-state index in [1.807, 2.05) is 13.8 Å². The highest BCUT2D eigenvalue weighted by Crippen LogP contribution is 2.37. The summed E-state index contributed by atoms with van der Waals surface area (Å²) in [5.74, 6) is 0.328. The molecule has 2 aromatic rings. The van der Waals surface area contributed by atoms with Gasteiger partial charge in [0.15, 0.2) is 0 Å². The average Bonchev–Trinajstić information content (AvgIpc) is 2.79. The van der Waals surface area contributed by atoms with Gasteiger partial charge in [-0.25, -0.2) is 9.66 Å². The van der Waals surface area contributed by atoms with E-state index >= 15 is 0 Å². The molecule has 2 aliphatic carbocycles. The highest BCUT2D eigenvalue weighted by atomic mass is 32.2. The highest BCUT2D eigenvalue weighted by Gasteiger charge is 2.35. The van der Waals surface area contributed by atoms with Crippen molar-refractivity contribution in [3.63, 3.8) is 0 Å². The van der Waals surface area contributed by atoms with Gasteiger partial charge in [-0.2, -0.15) is 27.0 Å². The zero-order chi connectivity index (χ0) is 23.6. The van der Waals surface area contributed by atoms with E-state index in [-0.39, 0.29) is 21.6 Å². The first-order valence-corrected chi connectivity index (χ1v) is 13.9. The van der Waals surface area contributed by atoms with Gasteiger partial charge in [-0.3, -0.25) is 0 Å². The zero-order valence-corrected chi connectivity index (χ0v) is 20.3. The maximum atomic E-state index is 12.5. The lowest BCUT2D eigenvalue weighted by Crippen LogP contribution is -2.37. The number of rotatable bonds is 6. The van der Waals surface area contributed by atoms with Crippen LogP contribution in [0.1, 0.15) is 43.2 Å². The van der Waals surface area contributed by atoms with Gasteiger partial charge in [-0.05, 0) is 70.2 Å². The lowest BCUT2D eigenvalue weighted by Gasteiger charge is -2.36. The second-order valence-electron chi connectivity index (χ2n) is 8.73. The van der Waals surface area contributed by atoms with Crippen LogP contribution >= 0.6 is 0 Å². The van der Waals surface area contributed by atoms with E-state index in [1.165, 1.54) is 0 Å². The van der Waals surface area contributed by atoms with E-state index in [0.29, 0.717) is 12.8 Å². The van der Waals surface area contributed by atoms with Gasteiger partial charge in [-0.1, -0.05) is 35.4 Å². The van der Waals surface area contributed by atoms with Crippen LogP contribution < -0.4 is 9.66 Å². The molecule has 2 aliphatic rings. The van der Waals surface area contributed by atoms with Crippen molar-refractivity contribution in [2.24, 2.45) is 22.0 Å². The van der Waals surface area contributed by atoms with E-state index < -0.39 is 20.0 Å². The topological polar surface area (TPSA) is 117 Å². The second-order valence-corrected chi connectivity index (χ2v) is 12.1. The van der Waals surface area contributed by atoms with E-state index in [1.54, 1.807) is 48.5 Å². The van der Waals surface area contributed by atoms with Crippen LogP contribution in [0, 0.1) is 25.7 Å². The Labute approximate surface area is 195 Å². The van der Waals surface area contributed by atoms with Gasteiger partial charge in [0, 0.05) is 23.3 Å². The summed E-state index contributed by atoms with van der Waals surface area (Å²) in [5.41, 5.74) is 3.67. The lowest BCUT2D eigenvalue weighted by atomic mass is 9.70. The van der Waals surface area contributed by atoms with E-state index in [4.69, 9.17) is 0 Å². The third-order valence-corrected chi connectivity index (χ3v) is 8.74. The summed E-state index contributed by atoms with van der Waals surface area (Å²) in [4.78, 5) is 5.14. The fourth-order valence-electron chi connectivity index (χ4n) is 4.31. The van der Waals surface area contributed by atoms with Crippen molar-refractivity contribution in [2.45, 2.75) is 55.7 Å². The number of aryl methyl sites for hydroxylation is 2. The molecule has 2 bridgehead atoms. The fourth-order valence-corrected chi connectivity index (χ4v) is 5.98. The number of hydrogen-bond donors (Lipinski definition) is 2. The summed E-state index contributed by atoms with van der Waals surface area (Å²) in [6.45, 7) is 3.80. The molecule has 2 fully saturated rings. The van der Waals surface area contributed by atoms with Crippen LogP contribution in [0.3, 0.4) is 0 Å². The Morgan fingerprint density at radius 3 is 1.39 bits per heavy atom. The third kappa shape index (κ3) is 5.44. The van der Waals surface area contributed by atoms with Gasteiger partial charge in [0.2, 0.25) is 0 Å². The number of fused-ring (bicyclic) bond motifs is 2. The van der Waals surface area contributed by atoms with Crippen LogP contribution in [0.15, 0.2) is 68.5 Å². The molecule has 2 unspecified atom stereocenters. The molecule has 4 rings (SSSR count). The Hall–Kier alpha value is -2.72. The van der Waals surface area contributed by atoms with E-state index in [0.717, 1.165) is 41.8 Å². The molecule has 0 aliphatic heterocycles. The molecule has 2 aromatic carbocycles. The first-order valence-electron chi connectivity index (χ1n) is 10.9. The van der Waals surface area contributed by atoms with Gasteiger partial charge in [0.05, 0.1) is 9.79 Å². The SMILES string of the molecule is Cc1ccc(S(=O)(=O)NN=C2CCC3CC2CCC3=NNS(=O)(=O)c2ccc(C)cc2)cc1. The molecular weight excluding hydrogens is 460 g/mol. The molecule has 0 saturated heterocycles. The van der Waals surface area contributed by atoms with Crippen LogP contribution in [-0.4, -0.2) is 28.3 Å². The van der Waals surface area contributed by atoms with Crippen LogP contribution in [0.5, 0.6) is 0 Å². The summed E-state index contributed by atoms with van der Waals surface area (Å²) in [6, 6.07) is 13.3. The zero-order valence-electron chi connectivity index (χ0n) is 18.7. The Morgan fingerprint density at radius 1 is 0.667 bits per heavy atom. The van der Waals surface area contributed by atoms with Crippen molar-refractivity contribution >= 4 is 31.5 Å². The van der Waals surface area contributed by atoms with Crippen molar-refractivity contribution in [1.82, 2.24) is 9.66 Å².